The number of allylic oxidation sites excluding steroid dienone is 1. The van der Waals surface area contributed by atoms with E-state index in [1.807, 2.05) is 6.07 Å². The van der Waals surface area contributed by atoms with Crippen LogP contribution in [0.3, 0.4) is 0 Å². The van der Waals surface area contributed by atoms with Gasteiger partial charge < -0.3 is 21.1 Å². The summed E-state index contributed by atoms with van der Waals surface area (Å²) in [5, 5.41) is 14.6. The van der Waals surface area contributed by atoms with Crippen LogP contribution in [0.15, 0.2) is 54.0 Å². The molecule has 10 nitrogen and oxygen atoms in total. The van der Waals surface area contributed by atoms with Crippen LogP contribution in [0.2, 0.25) is 0 Å². The normalized spacial score (nSPS) is 15.6. The molecule has 4 N–H and O–H groups in total. The standard InChI is InChI=1S/C29H27F3N8O2/c1-15(2)25(34)19(12-33)29(41)39-10-4-5-16(39)13-40-28-23(27(35)36-14-37-28)26(38-40)18-9-8-17(11-21(18)31)42-22-7-3-6-20(30)24(22)32/h3,6-9,11,14-16H,4-5,10,13,34H2,1-2H3,(H2,35,36,37). The number of amides is 1. The van der Waals surface area contributed by atoms with Crippen LogP contribution in [0.1, 0.15) is 26.7 Å². The van der Waals surface area contributed by atoms with E-state index in [1.54, 1.807) is 18.7 Å². The Labute approximate surface area is 239 Å². The van der Waals surface area contributed by atoms with E-state index < -0.39 is 29.1 Å². The molecule has 0 aliphatic carbocycles. The molecule has 5 rings (SSSR count). The van der Waals surface area contributed by atoms with Crippen molar-refractivity contribution in [2.75, 3.05) is 12.3 Å². The number of nitrogens with zero attached hydrogens (tertiary/aromatic N) is 6. The number of hydrogen-bond donors (Lipinski definition) is 2. The first-order chi connectivity index (χ1) is 20.1. The highest BCUT2D eigenvalue weighted by atomic mass is 19.2. The fraction of sp³-hybridized carbons (Fsp3) is 0.276. The smallest absolute Gasteiger partial charge is 0.266 e. The van der Waals surface area contributed by atoms with Gasteiger partial charge in [0, 0.05) is 23.9 Å². The third-order valence-electron chi connectivity index (χ3n) is 7.16. The van der Waals surface area contributed by atoms with Crippen LogP contribution in [-0.4, -0.2) is 43.1 Å². The van der Waals surface area contributed by atoms with E-state index >= 15 is 4.39 Å². The largest absolute Gasteiger partial charge is 0.454 e. The van der Waals surface area contributed by atoms with Gasteiger partial charge in [-0.3, -0.25) is 4.79 Å². The summed E-state index contributed by atoms with van der Waals surface area (Å²) in [6.45, 7) is 4.24. The third kappa shape index (κ3) is 5.18. The summed E-state index contributed by atoms with van der Waals surface area (Å²) in [5.41, 5.74) is 12.9. The van der Waals surface area contributed by atoms with E-state index in [0.717, 1.165) is 12.1 Å². The van der Waals surface area contributed by atoms with Crippen LogP contribution < -0.4 is 16.2 Å². The maximum absolute atomic E-state index is 15.4. The van der Waals surface area contributed by atoms with Crippen molar-refractivity contribution < 1.29 is 22.7 Å². The maximum Gasteiger partial charge on any atom is 0.266 e. The molecule has 13 heteroatoms. The number of carbonyl (C=O) groups excluding carboxylic acids is 1. The van der Waals surface area contributed by atoms with E-state index in [0.29, 0.717) is 30.4 Å². The predicted molar refractivity (Wildman–Crippen MR) is 148 cm³/mol. The Kier molecular flexibility index (Phi) is 7.71. The van der Waals surface area contributed by atoms with E-state index in [-0.39, 0.29) is 52.6 Å². The highest BCUT2D eigenvalue weighted by Gasteiger charge is 2.33. The molecular weight excluding hydrogens is 549 g/mol. The lowest BCUT2D eigenvalue weighted by molar-refractivity contribution is -0.127. The zero-order valence-corrected chi connectivity index (χ0v) is 22.8. The summed E-state index contributed by atoms with van der Waals surface area (Å²) in [6.07, 6.45) is 2.61. The van der Waals surface area contributed by atoms with Gasteiger partial charge in [0.15, 0.2) is 17.2 Å². The summed E-state index contributed by atoms with van der Waals surface area (Å²) in [6, 6.07) is 8.85. The molecule has 0 saturated carbocycles. The van der Waals surface area contributed by atoms with Crippen molar-refractivity contribution in [1.29, 1.82) is 5.26 Å². The Morgan fingerprint density at radius 3 is 2.69 bits per heavy atom. The average Bonchev–Trinajstić information content (AvgIpc) is 3.57. The Bertz CT molecular complexity index is 1760. The van der Waals surface area contributed by atoms with Crippen molar-refractivity contribution in [2.45, 2.75) is 39.3 Å². The molecule has 0 spiro atoms. The second kappa shape index (κ2) is 11.4. The Balaban J connectivity index is 1.49. The number of ether oxygens (including phenoxy) is 1. The zero-order chi connectivity index (χ0) is 30.1. The van der Waals surface area contributed by atoms with Gasteiger partial charge in [-0.1, -0.05) is 19.9 Å². The van der Waals surface area contributed by atoms with E-state index in [4.69, 9.17) is 16.2 Å². The number of aromatic nitrogens is 4. The Morgan fingerprint density at radius 2 is 1.98 bits per heavy atom. The fourth-order valence-electron chi connectivity index (χ4n) is 4.95. The molecular formula is C29H27F3N8O2. The first kappa shape index (κ1) is 28.4. The summed E-state index contributed by atoms with van der Waals surface area (Å²) in [5.74, 6) is -4.06. The Hall–Kier alpha value is -5.12. The number of likely N-dealkylation sites (tertiary alicyclic amines) is 1. The molecule has 1 aliphatic rings. The SMILES string of the molecule is CC(C)C(N)=C(C#N)C(=O)N1CCCC1Cn1nc(-c2ccc(Oc3cccc(F)c3F)cc2F)c2c(N)ncnc21. The van der Waals surface area contributed by atoms with Gasteiger partial charge >= 0.3 is 0 Å². The minimum absolute atomic E-state index is 0.0473. The maximum atomic E-state index is 15.4. The van der Waals surface area contributed by atoms with Crippen molar-refractivity contribution in [2.24, 2.45) is 11.7 Å². The topological polar surface area (TPSA) is 149 Å². The first-order valence-corrected chi connectivity index (χ1v) is 13.2. The predicted octanol–water partition coefficient (Wildman–Crippen LogP) is 4.67. The number of rotatable bonds is 7. The number of carbonyl (C=O) groups is 1. The number of benzene rings is 2. The van der Waals surface area contributed by atoms with E-state index in [1.165, 1.54) is 35.3 Å². The minimum atomic E-state index is -1.19. The highest BCUT2D eigenvalue weighted by molar-refractivity contribution is 5.99. The van der Waals surface area contributed by atoms with Crippen molar-refractivity contribution >= 4 is 22.8 Å². The van der Waals surface area contributed by atoms with E-state index in [9.17, 15) is 18.8 Å². The van der Waals surface area contributed by atoms with Crippen LogP contribution in [0.5, 0.6) is 11.5 Å². The molecule has 3 heterocycles. The molecule has 1 aliphatic heterocycles. The molecule has 42 heavy (non-hydrogen) atoms. The molecule has 0 bridgehead atoms. The van der Waals surface area contributed by atoms with Gasteiger partial charge in [-0.25, -0.2) is 23.4 Å². The molecule has 2 aromatic carbocycles. The van der Waals surface area contributed by atoms with Crippen molar-refractivity contribution in [3.63, 3.8) is 0 Å². The summed E-state index contributed by atoms with van der Waals surface area (Å²) in [7, 11) is 0. The molecule has 1 amide bonds. The molecule has 4 aromatic rings. The van der Waals surface area contributed by atoms with Gasteiger partial charge in [0.2, 0.25) is 5.82 Å². The number of nitrogens with two attached hydrogens (primary N) is 2. The number of nitriles is 1. The summed E-state index contributed by atoms with van der Waals surface area (Å²) >= 11 is 0. The number of nitrogen functional groups attached to an aromatic ring is 1. The lowest BCUT2D eigenvalue weighted by Crippen LogP contribution is -2.40. The zero-order valence-electron chi connectivity index (χ0n) is 22.8. The van der Waals surface area contributed by atoms with Gasteiger partial charge in [-0.05, 0) is 43.0 Å². The van der Waals surface area contributed by atoms with Gasteiger partial charge in [-0.15, -0.1) is 0 Å². The van der Waals surface area contributed by atoms with Crippen molar-refractivity contribution in [3.05, 3.63) is 71.4 Å². The van der Waals surface area contributed by atoms with Crippen LogP contribution >= 0.6 is 0 Å². The lowest BCUT2D eigenvalue weighted by atomic mass is 10.0. The molecule has 1 saturated heterocycles. The van der Waals surface area contributed by atoms with E-state index in [2.05, 4.69) is 15.1 Å². The summed E-state index contributed by atoms with van der Waals surface area (Å²) < 4.78 is 50.0. The number of anilines is 1. The van der Waals surface area contributed by atoms with Crippen molar-refractivity contribution in [3.8, 4) is 28.8 Å². The lowest BCUT2D eigenvalue weighted by Gasteiger charge is -2.25. The first-order valence-electron chi connectivity index (χ1n) is 13.2. The summed E-state index contributed by atoms with van der Waals surface area (Å²) in [4.78, 5) is 23.3. The monoisotopic (exact) mass is 576 g/mol. The minimum Gasteiger partial charge on any atom is -0.454 e. The Morgan fingerprint density at radius 1 is 1.19 bits per heavy atom. The molecule has 0 radical (unpaired) electrons. The quantitative estimate of drug-likeness (QED) is 0.238. The number of hydrogen-bond acceptors (Lipinski definition) is 8. The third-order valence-corrected chi connectivity index (χ3v) is 7.16. The van der Waals surface area contributed by atoms with Crippen molar-refractivity contribution in [1.82, 2.24) is 24.6 Å². The molecule has 1 atom stereocenters. The van der Waals surface area contributed by atoms with Crippen LogP contribution in [0, 0.1) is 34.7 Å². The number of halogens is 3. The second-order valence-electron chi connectivity index (χ2n) is 10.2. The van der Waals surface area contributed by atoms with Gasteiger partial charge in [-0.2, -0.15) is 14.8 Å². The molecule has 2 aromatic heterocycles. The molecule has 1 unspecified atom stereocenters. The molecule has 216 valence electrons. The second-order valence-corrected chi connectivity index (χ2v) is 10.2. The van der Waals surface area contributed by atoms with Crippen LogP contribution in [-0.2, 0) is 11.3 Å². The van der Waals surface area contributed by atoms with Gasteiger partial charge in [0.05, 0.1) is 18.0 Å². The fourth-order valence-corrected chi connectivity index (χ4v) is 4.95. The highest BCUT2D eigenvalue weighted by Crippen LogP contribution is 2.35. The molecule has 1 fully saturated rings. The average molecular weight is 577 g/mol. The van der Waals surface area contributed by atoms with Gasteiger partial charge in [0.1, 0.15) is 41.0 Å². The van der Waals surface area contributed by atoms with Crippen LogP contribution in [0.25, 0.3) is 22.3 Å². The van der Waals surface area contributed by atoms with Crippen LogP contribution in [0.4, 0.5) is 19.0 Å². The van der Waals surface area contributed by atoms with Gasteiger partial charge in [0.25, 0.3) is 5.91 Å². The number of fused-ring (bicyclic) bond motifs is 1.